The number of aromatic nitrogens is 6. The zero-order valence-corrected chi connectivity index (χ0v) is 10.6. The Labute approximate surface area is 107 Å². The average Bonchev–Trinajstić information content (AvgIpc) is 2.62. The molecule has 0 saturated heterocycles. The summed E-state index contributed by atoms with van der Waals surface area (Å²) in [5.74, 6) is 1.04. The molecular formula is C8H9Cl2N7. The number of hydrogen-bond acceptors (Lipinski definition) is 6. The molecule has 2 rings (SSSR count). The van der Waals surface area contributed by atoms with E-state index in [9.17, 15) is 0 Å². The van der Waals surface area contributed by atoms with Gasteiger partial charge in [-0.15, -0.1) is 10.2 Å². The van der Waals surface area contributed by atoms with Crippen LogP contribution >= 0.6 is 23.2 Å². The molecule has 17 heavy (non-hydrogen) atoms. The lowest BCUT2D eigenvalue weighted by atomic mass is 10.3. The van der Waals surface area contributed by atoms with Crippen molar-refractivity contribution in [2.75, 3.05) is 5.32 Å². The Morgan fingerprint density at radius 2 is 1.88 bits per heavy atom. The Bertz CT molecular complexity index is 506. The second kappa shape index (κ2) is 4.80. The van der Waals surface area contributed by atoms with Gasteiger partial charge in [0.15, 0.2) is 5.82 Å². The van der Waals surface area contributed by atoms with Gasteiger partial charge in [0, 0.05) is 7.05 Å². The predicted molar refractivity (Wildman–Crippen MR) is 62.9 cm³/mol. The lowest BCUT2D eigenvalue weighted by Crippen LogP contribution is -2.14. The highest BCUT2D eigenvalue weighted by Crippen LogP contribution is 2.16. The first-order chi connectivity index (χ1) is 8.06. The molecule has 0 radical (unpaired) electrons. The molecule has 2 heterocycles. The fourth-order valence-electron chi connectivity index (χ4n) is 1.33. The molecule has 2 aromatic heterocycles. The molecule has 2 aromatic rings. The smallest absolute Gasteiger partial charge is 0.228 e. The van der Waals surface area contributed by atoms with Crippen molar-refractivity contribution in [3.05, 3.63) is 22.7 Å². The maximum Gasteiger partial charge on any atom is 0.228 e. The van der Waals surface area contributed by atoms with E-state index < -0.39 is 0 Å². The van der Waals surface area contributed by atoms with Crippen molar-refractivity contribution in [1.82, 2.24) is 29.7 Å². The number of nitrogens with one attached hydrogen (secondary N) is 1. The Kier molecular flexibility index (Phi) is 3.39. The summed E-state index contributed by atoms with van der Waals surface area (Å²) in [7, 11) is 1.85. The van der Waals surface area contributed by atoms with E-state index in [0.717, 1.165) is 5.82 Å². The molecule has 0 aromatic carbocycles. The van der Waals surface area contributed by atoms with Gasteiger partial charge in [-0.25, -0.2) is 0 Å². The van der Waals surface area contributed by atoms with Gasteiger partial charge in [-0.3, -0.25) is 0 Å². The topological polar surface area (TPSA) is 81.4 Å². The van der Waals surface area contributed by atoms with E-state index in [1.54, 1.807) is 10.9 Å². The lowest BCUT2D eigenvalue weighted by Gasteiger charge is -2.12. The summed E-state index contributed by atoms with van der Waals surface area (Å²) >= 11 is 11.3. The SMILES string of the molecule is CC(Nc1nc(Cl)nc(Cl)n1)c1nncn1C. The highest BCUT2D eigenvalue weighted by atomic mass is 35.5. The van der Waals surface area contributed by atoms with Gasteiger partial charge in [0.2, 0.25) is 16.5 Å². The lowest BCUT2D eigenvalue weighted by molar-refractivity contribution is 0.711. The number of halogens is 2. The van der Waals surface area contributed by atoms with E-state index in [2.05, 4.69) is 30.5 Å². The second-order valence-electron chi connectivity index (χ2n) is 3.36. The molecular weight excluding hydrogens is 265 g/mol. The van der Waals surface area contributed by atoms with E-state index in [-0.39, 0.29) is 16.6 Å². The molecule has 0 aliphatic rings. The van der Waals surface area contributed by atoms with E-state index in [4.69, 9.17) is 23.2 Å². The summed E-state index contributed by atoms with van der Waals surface area (Å²) in [6.07, 6.45) is 1.61. The van der Waals surface area contributed by atoms with Crippen molar-refractivity contribution in [1.29, 1.82) is 0 Å². The van der Waals surface area contributed by atoms with Gasteiger partial charge in [-0.2, -0.15) is 15.0 Å². The molecule has 1 N–H and O–H groups in total. The third-order valence-electron chi connectivity index (χ3n) is 2.06. The minimum absolute atomic E-state index is 0.0395. The Balaban J connectivity index is 2.18. The number of aryl methyl sites for hydroxylation is 1. The zero-order chi connectivity index (χ0) is 12.4. The fourth-order valence-corrected chi connectivity index (χ4v) is 1.70. The van der Waals surface area contributed by atoms with Crippen LogP contribution in [-0.4, -0.2) is 29.7 Å². The van der Waals surface area contributed by atoms with Crippen LogP contribution in [0.2, 0.25) is 10.6 Å². The maximum atomic E-state index is 5.67. The highest BCUT2D eigenvalue weighted by molar-refractivity contribution is 6.31. The molecule has 0 spiro atoms. The standard InChI is InChI=1S/C8H9Cl2N7/c1-4(5-16-11-3-17(5)2)12-8-14-6(9)13-7(10)15-8/h3-4H,1-2H3,(H,12,13,14,15). The van der Waals surface area contributed by atoms with E-state index in [1.807, 2.05) is 14.0 Å². The third-order valence-corrected chi connectivity index (χ3v) is 2.40. The van der Waals surface area contributed by atoms with Crippen LogP contribution in [-0.2, 0) is 7.05 Å². The summed E-state index contributed by atoms with van der Waals surface area (Å²) in [5.41, 5.74) is 0. The van der Waals surface area contributed by atoms with Crippen LogP contribution in [0, 0.1) is 0 Å². The van der Waals surface area contributed by atoms with E-state index in [0.29, 0.717) is 5.95 Å². The van der Waals surface area contributed by atoms with Crippen LogP contribution in [0.15, 0.2) is 6.33 Å². The maximum absolute atomic E-state index is 5.67. The molecule has 0 saturated carbocycles. The Hall–Kier alpha value is -1.47. The van der Waals surface area contributed by atoms with Crippen molar-refractivity contribution in [2.24, 2.45) is 7.05 Å². The quantitative estimate of drug-likeness (QED) is 0.912. The van der Waals surface area contributed by atoms with Gasteiger partial charge < -0.3 is 9.88 Å². The van der Waals surface area contributed by atoms with Gasteiger partial charge in [0.05, 0.1) is 6.04 Å². The minimum atomic E-state index is -0.128. The van der Waals surface area contributed by atoms with Crippen molar-refractivity contribution in [3.63, 3.8) is 0 Å². The van der Waals surface area contributed by atoms with Crippen LogP contribution in [0.4, 0.5) is 5.95 Å². The molecule has 90 valence electrons. The molecule has 7 nitrogen and oxygen atoms in total. The Morgan fingerprint density at radius 3 is 2.41 bits per heavy atom. The summed E-state index contributed by atoms with van der Waals surface area (Å²) < 4.78 is 1.79. The van der Waals surface area contributed by atoms with E-state index >= 15 is 0 Å². The molecule has 0 fully saturated rings. The molecule has 1 atom stereocenters. The second-order valence-corrected chi connectivity index (χ2v) is 4.04. The van der Waals surface area contributed by atoms with Gasteiger partial charge >= 0.3 is 0 Å². The number of rotatable bonds is 3. The van der Waals surface area contributed by atoms with Crippen LogP contribution in [0.5, 0.6) is 0 Å². The molecule has 1 unspecified atom stereocenters. The van der Waals surface area contributed by atoms with Crippen molar-refractivity contribution in [2.45, 2.75) is 13.0 Å². The molecule has 0 bridgehead atoms. The first kappa shape index (κ1) is 12.0. The van der Waals surface area contributed by atoms with Gasteiger partial charge in [0.1, 0.15) is 6.33 Å². The van der Waals surface area contributed by atoms with Crippen molar-refractivity contribution >= 4 is 29.2 Å². The first-order valence-electron chi connectivity index (χ1n) is 4.74. The van der Waals surface area contributed by atoms with Crippen LogP contribution < -0.4 is 5.32 Å². The molecule has 0 aliphatic carbocycles. The average molecular weight is 274 g/mol. The summed E-state index contributed by atoms with van der Waals surface area (Å²) in [4.78, 5) is 11.5. The third kappa shape index (κ3) is 2.80. The van der Waals surface area contributed by atoms with Crippen LogP contribution in [0.25, 0.3) is 0 Å². The summed E-state index contributed by atoms with van der Waals surface area (Å²) in [6, 6.07) is -0.128. The number of nitrogens with zero attached hydrogens (tertiary/aromatic N) is 6. The number of hydrogen-bond donors (Lipinski definition) is 1. The Morgan fingerprint density at radius 1 is 1.24 bits per heavy atom. The van der Waals surface area contributed by atoms with Crippen LogP contribution in [0.1, 0.15) is 18.8 Å². The molecule has 0 amide bonds. The van der Waals surface area contributed by atoms with Gasteiger partial charge in [-0.05, 0) is 30.1 Å². The largest absolute Gasteiger partial charge is 0.344 e. The molecule has 0 aliphatic heterocycles. The number of anilines is 1. The first-order valence-corrected chi connectivity index (χ1v) is 5.49. The minimum Gasteiger partial charge on any atom is -0.344 e. The van der Waals surface area contributed by atoms with E-state index in [1.165, 1.54) is 0 Å². The van der Waals surface area contributed by atoms with Gasteiger partial charge in [-0.1, -0.05) is 0 Å². The normalized spacial score (nSPS) is 12.5. The monoisotopic (exact) mass is 273 g/mol. The van der Waals surface area contributed by atoms with Crippen LogP contribution in [0.3, 0.4) is 0 Å². The summed E-state index contributed by atoms with van der Waals surface area (Å²) in [6.45, 7) is 1.90. The fraction of sp³-hybridized carbons (Fsp3) is 0.375. The van der Waals surface area contributed by atoms with Crippen molar-refractivity contribution in [3.8, 4) is 0 Å². The molecule has 9 heteroatoms. The summed E-state index contributed by atoms with van der Waals surface area (Å²) in [5, 5.41) is 10.8. The highest BCUT2D eigenvalue weighted by Gasteiger charge is 2.13. The van der Waals surface area contributed by atoms with Gasteiger partial charge in [0.25, 0.3) is 0 Å². The predicted octanol–water partition coefficient (Wildman–Crippen LogP) is 1.48. The van der Waals surface area contributed by atoms with Crippen molar-refractivity contribution < 1.29 is 0 Å². The zero-order valence-electron chi connectivity index (χ0n) is 9.09.